The summed E-state index contributed by atoms with van der Waals surface area (Å²) in [5.41, 5.74) is 0.680. The number of nitrogens with zero attached hydrogens (tertiary/aromatic N) is 1. The number of ketones is 1. The molecule has 84 valence electrons. The molecule has 1 aromatic rings. The average Bonchev–Trinajstić information content (AvgIpc) is 2.31. The van der Waals surface area contributed by atoms with Crippen LogP contribution in [0.2, 0.25) is 5.02 Å². The molecule has 0 aliphatic carbocycles. The van der Waals surface area contributed by atoms with E-state index in [-0.39, 0.29) is 5.78 Å². The second-order valence-corrected chi connectivity index (χ2v) is 4.15. The van der Waals surface area contributed by atoms with Crippen LogP contribution in [0.15, 0.2) is 29.3 Å². The van der Waals surface area contributed by atoms with Crippen LogP contribution >= 0.6 is 11.6 Å². The molecular formula is C12H13ClN2O. The second-order valence-electron chi connectivity index (χ2n) is 3.72. The van der Waals surface area contributed by atoms with E-state index in [0.29, 0.717) is 17.0 Å². The Balaban J connectivity index is 2.02. The maximum atomic E-state index is 11.9. The number of halogens is 1. The maximum Gasteiger partial charge on any atom is 0.170 e. The van der Waals surface area contributed by atoms with Gasteiger partial charge in [0.25, 0.3) is 0 Å². The van der Waals surface area contributed by atoms with Gasteiger partial charge in [0.1, 0.15) is 5.84 Å². The number of benzene rings is 1. The molecule has 2 rings (SSSR count). The summed E-state index contributed by atoms with van der Waals surface area (Å²) in [6.07, 6.45) is 1.39. The van der Waals surface area contributed by atoms with Gasteiger partial charge in [-0.1, -0.05) is 11.6 Å². The quantitative estimate of drug-likeness (QED) is 0.819. The van der Waals surface area contributed by atoms with Gasteiger partial charge in [0.05, 0.1) is 6.42 Å². The SMILES string of the molecule is O=C(CC1=NCCCN1)c1ccc(Cl)cc1. The van der Waals surface area contributed by atoms with E-state index in [2.05, 4.69) is 10.3 Å². The third kappa shape index (κ3) is 2.83. The lowest BCUT2D eigenvalue weighted by Crippen LogP contribution is -2.31. The zero-order valence-corrected chi connectivity index (χ0v) is 9.63. The minimum atomic E-state index is 0.0739. The fourth-order valence-corrected chi connectivity index (χ4v) is 1.72. The molecule has 0 amide bonds. The third-order valence-electron chi connectivity index (χ3n) is 2.46. The minimum Gasteiger partial charge on any atom is -0.373 e. The smallest absolute Gasteiger partial charge is 0.170 e. The molecule has 0 atom stereocenters. The number of hydrogen-bond acceptors (Lipinski definition) is 3. The number of amidine groups is 1. The van der Waals surface area contributed by atoms with Crippen molar-refractivity contribution < 1.29 is 4.79 Å². The Morgan fingerprint density at radius 3 is 2.75 bits per heavy atom. The summed E-state index contributed by atoms with van der Waals surface area (Å²) in [5, 5.41) is 3.78. The van der Waals surface area contributed by atoms with Gasteiger partial charge >= 0.3 is 0 Å². The lowest BCUT2D eigenvalue weighted by molar-refractivity contribution is 0.0999. The van der Waals surface area contributed by atoms with Crippen LogP contribution in [0.5, 0.6) is 0 Å². The van der Waals surface area contributed by atoms with Gasteiger partial charge in [-0.25, -0.2) is 0 Å². The average molecular weight is 237 g/mol. The first-order chi connectivity index (χ1) is 7.75. The van der Waals surface area contributed by atoms with Gasteiger partial charge in [0.15, 0.2) is 5.78 Å². The monoisotopic (exact) mass is 236 g/mol. The zero-order chi connectivity index (χ0) is 11.4. The van der Waals surface area contributed by atoms with Crippen LogP contribution in [0.4, 0.5) is 0 Å². The minimum absolute atomic E-state index is 0.0739. The molecule has 0 radical (unpaired) electrons. The number of hydrogen-bond donors (Lipinski definition) is 1. The lowest BCUT2D eigenvalue weighted by atomic mass is 10.1. The van der Waals surface area contributed by atoms with Gasteiger partial charge in [-0.05, 0) is 30.7 Å². The van der Waals surface area contributed by atoms with E-state index in [9.17, 15) is 4.79 Å². The van der Waals surface area contributed by atoms with E-state index in [1.54, 1.807) is 24.3 Å². The number of rotatable bonds is 3. The molecule has 0 saturated heterocycles. The van der Waals surface area contributed by atoms with E-state index in [0.717, 1.165) is 25.3 Å². The van der Waals surface area contributed by atoms with E-state index in [4.69, 9.17) is 11.6 Å². The van der Waals surface area contributed by atoms with E-state index in [1.165, 1.54) is 0 Å². The van der Waals surface area contributed by atoms with Crippen LogP contribution < -0.4 is 5.32 Å². The molecular weight excluding hydrogens is 224 g/mol. The number of carbonyl (C=O) groups is 1. The first kappa shape index (κ1) is 11.1. The molecule has 0 bridgehead atoms. The number of carbonyl (C=O) groups excluding carboxylic acids is 1. The van der Waals surface area contributed by atoms with Crippen molar-refractivity contribution in [2.75, 3.05) is 13.1 Å². The molecule has 1 heterocycles. The summed E-state index contributed by atoms with van der Waals surface area (Å²) in [7, 11) is 0. The zero-order valence-electron chi connectivity index (χ0n) is 8.87. The fourth-order valence-electron chi connectivity index (χ4n) is 1.59. The Morgan fingerprint density at radius 1 is 1.38 bits per heavy atom. The molecule has 3 nitrogen and oxygen atoms in total. The normalized spacial score (nSPS) is 15.2. The largest absolute Gasteiger partial charge is 0.373 e. The summed E-state index contributed by atoms with van der Waals surface area (Å²) in [4.78, 5) is 16.1. The van der Waals surface area contributed by atoms with Crippen LogP contribution in [0, 0.1) is 0 Å². The Labute approximate surface area is 99.5 Å². The molecule has 0 fully saturated rings. The molecule has 4 heteroatoms. The van der Waals surface area contributed by atoms with Gasteiger partial charge in [0.2, 0.25) is 0 Å². The first-order valence-corrected chi connectivity index (χ1v) is 5.69. The Hall–Kier alpha value is -1.35. The van der Waals surface area contributed by atoms with Crippen molar-refractivity contribution in [3.05, 3.63) is 34.9 Å². The van der Waals surface area contributed by atoms with Crippen molar-refractivity contribution in [2.24, 2.45) is 4.99 Å². The third-order valence-corrected chi connectivity index (χ3v) is 2.71. The van der Waals surface area contributed by atoms with Gasteiger partial charge < -0.3 is 5.32 Å². The molecule has 1 aliphatic heterocycles. The topological polar surface area (TPSA) is 41.5 Å². The molecule has 1 N–H and O–H groups in total. The van der Waals surface area contributed by atoms with Crippen LogP contribution in [0.1, 0.15) is 23.2 Å². The summed E-state index contributed by atoms with van der Waals surface area (Å²) < 4.78 is 0. The molecule has 0 aromatic heterocycles. The highest BCUT2D eigenvalue weighted by Gasteiger charge is 2.11. The highest BCUT2D eigenvalue weighted by molar-refractivity contribution is 6.30. The fraction of sp³-hybridized carbons (Fsp3) is 0.333. The van der Waals surface area contributed by atoms with Crippen molar-refractivity contribution in [1.29, 1.82) is 0 Å². The number of nitrogens with one attached hydrogen (secondary N) is 1. The highest BCUT2D eigenvalue weighted by atomic mass is 35.5. The first-order valence-electron chi connectivity index (χ1n) is 5.31. The number of Topliss-reactive ketones (excluding diaryl/α,β-unsaturated/α-hetero) is 1. The van der Waals surface area contributed by atoms with Crippen LogP contribution in [0.3, 0.4) is 0 Å². The molecule has 0 saturated carbocycles. The molecule has 0 unspecified atom stereocenters. The number of aliphatic imine (C=N–C) groups is 1. The van der Waals surface area contributed by atoms with Gasteiger partial charge in [-0.2, -0.15) is 0 Å². The van der Waals surface area contributed by atoms with Crippen molar-refractivity contribution >= 4 is 23.2 Å². The lowest BCUT2D eigenvalue weighted by Gasteiger charge is -2.13. The van der Waals surface area contributed by atoms with Crippen molar-refractivity contribution in [3.8, 4) is 0 Å². The highest BCUT2D eigenvalue weighted by Crippen LogP contribution is 2.11. The van der Waals surface area contributed by atoms with Gasteiger partial charge in [-0.3, -0.25) is 9.79 Å². The Morgan fingerprint density at radius 2 is 2.12 bits per heavy atom. The summed E-state index contributed by atoms with van der Waals surface area (Å²) >= 11 is 5.76. The van der Waals surface area contributed by atoms with E-state index < -0.39 is 0 Å². The Kier molecular flexibility index (Phi) is 3.57. The van der Waals surface area contributed by atoms with Crippen molar-refractivity contribution in [2.45, 2.75) is 12.8 Å². The second kappa shape index (κ2) is 5.12. The Bertz CT molecular complexity index is 412. The predicted octanol–water partition coefficient (Wildman–Crippen LogP) is 2.30. The molecule has 16 heavy (non-hydrogen) atoms. The van der Waals surface area contributed by atoms with E-state index in [1.807, 2.05) is 0 Å². The predicted molar refractivity (Wildman–Crippen MR) is 65.3 cm³/mol. The molecule has 1 aliphatic rings. The van der Waals surface area contributed by atoms with Gasteiger partial charge in [0, 0.05) is 23.7 Å². The van der Waals surface area contributed by atoms with Crippen molar-refractivity contribution in [1.82, 2.24) is 5.32 Å². The van der Waals surface area contributed by atoms with E-state index >= 15 is 0 Å². The maximum absolute atomic E-state index is 11.9. The van der Waals surface area contributed by atoms with Crippen LogP contribution in [-0.4, -0.2) is 24.7 Å². The summed E-state index contributed by atoms with van der Waals surface area (Å²) in [6, 6.07) is 6.94. The van der Waals surface area contributed by atoms with Gasteiger partial charge in [-0.15, -0.1) is 0 Å². The molecule has 1 aromatic carbocycles. The summed E-state index contributed by atoms with van der Waals surface area (Å²) in [6.45, 7) is 1.73. The standard InChI is InChI=1S/C12H13ClN2O/c13-10-4-2-9(3-5-10)11(16)8-12-14-6-1-7-15-12/h2-5H,1,6-8H2,(H,14,15). The summed E-state index contributed by atoms with van der Waals surface area (Å²) in [5.74, 6) is 0.871. The van der Waals surface area contributed by atoms with Crippen LogP contribution in [-0.2, 0) is 0 Å². The van der Waals surface area contributed by atoms with Crippen LogP contribution in [0.25, 0.3) is 0 Å². The molecule has 0 spiro atoms. The van der Waals surface area contributed by atoms with Crippen molar-refractivity contribution in [3.63, 3.8) is 0 Å².